The van der Waals surface area contributed by atoms with Crippen LogP contribution in [0, 0.1) is 0 Å². The predicted octanol–water partition coefficient (Wildman–Crippen LogP) is 1.37. The van der Waals surface area contributed by atoms with Gasteiger partial charge in [-0.05, 0) is 0 Å². The fourth-order valence-electron chi connectivity index (χ4n) is 1.06. The Balaban J connectivity index is 2.18. The first kappa shape index (κ1) is 6.55. The molecule has 1 fully saturated rings. The van der Waals surface area contributed by atoms with Crippen molar-refractivity contribution in [1.29, 1.82) is 0 Å². The fourth-order valence-corrected chi connectivity index (χ4v) is 2.38. The van der Waals surface area contributed by atoms with E-state index in [-0.39, 0.29) is 5.91 Å². The summed E-state index contributed by atoms with van der Waals surface area (Å²) in [5, 5.41) is 1.16. The zero-order chi connectivity index (χ0) is 7.14. The molecule has 0 aromatic carbocycles. The Morgan fingerprint density at radius 3 is 3.20 bits per heavy atom. The van der Waals surface area contributed by atoms with E-state index in [4.69, 9.17) is 11.6 Å². The van der Waals surface area contributed by atoms with Crippen LogP contribution < -0.4 is 0 Å². The number of amides is 1. The van der Waals surface area contributed by atoms with Crippen molar-refractivity contribution in [3.8, 4) is 0 Å². The maximum absolute atomic E-state index is 10.8. The van der Waals surface area contributed by atoms with E-state index >= 15 is 0 Å². The van der Waals surface area contributed by atoms with E-state index in [1.807, 2.05) is 0 Å². The van der Waals surface area contributed by atoms with E-state index in [0.717, 1.165) is 10.8 Å². The van der Waals surface area contributed by atoms with Gasteiger partial charge < -0.3 is 4.90 Å². The van der Waals surface area contributed by atoms with E-state index in [0.29, 0.717) is 11.8 Å². The Bertz CT molecular complexity index is 216. The number of thioether (sulfide) groups is 1. The molecule has 54 valence electrons. The second-order valence-corrected chi connectivity index (χ2v) is 4.00. The number of carbonyl (C=O) groups excluding carboxylic acids is 1. The summed E-state index contributed by atoms with van der Waals surface area (Å²) in [5.74, 6) is 1.05. The molecule has 2 heterocycles. The summed E-state index contributed by atoms with van der Waals surface area (Å²) in [6.07, 6.45) is 2.43. The lowest BCUT2D eigenvalue weighted by molar-refractivity contribution is -0.137. The smallest absolute Gasteiger partial charge is 0.230 e. The summed E-state index contributed by atoms with van der Waals surface area (Å²) in [4.78, 5) is 12.5. The Labute approximate surface area is 68.2 Å². The van der Waals surface area contributed by atoms with Gasteiger partial charge in [0, 0.05) is 17.0 Å². The lowest BCUT2D eigenvalue weighted by atomic mass is 10.2. The third-order valence-electron chi connectivity index (χ3n) is 1.64. The molecule has 0 unspecified atom stereocenters. The molecular weight excluding hydrogens is 170 g/mol. The lowest BCUT2D eigenvalue weighted by Gasteiger charge is -2.40. The number of β-lactam (4-membered cyclic amide) rings is 1. The van der Waals surface area contributed by atoms with Crippen molar-refractivity contribution >= 4 is 29.3 Å². The quantitative estimate of drug-likeness (QED) is 0.519. The van der Waals surface area contributed by atoms with Crippen molar-refractivity contribution in [3.63, 3.8) is 0 Å². The van der Waals surface area contributed by atoms with Crippen LogP contribution in [-0.4, -0.2) is 21.9 Å². The van der Waals surface area contributed by atoms with Gasteiger partial charge in [-0.2, -0.15) is 0 Å². The molecule has 4 heteroatoms. The van der Waals surface area contributed by atoms with Gasteiger partial charge in [0.25, 0.3) is 0 Å². The summed E-state index contributed by atoms with van der Waals surface area (Å²) >= 11 is 7.45. The molecule has 1 amide bonds. The van der Waals surface area contributed by atoms with Gasteiger partial charge >= 0.3 is 0 Å². The fraction of sp³-hybridized carbons (Fsp3) is 0.500. The molecule has 0 bridgehead atoms. The molecule has 2 aliphatic heterocycles. The Hall–Kier alpha value is -0.150. The average Bonchev–Trinajstić information content (AvgIpc) is 1.92. The van der Waals surface area contributed by atoms with Crippen molar-refractivity contribution in [2.75, 3.05) is 5.75 Å². The number of carbonyl (C=O) groups is 1. The van der Waals surface area contributed by atoms with Crippen LogP contribution in [0.2, 0.25) is 0 Å². The van der Waals surface area contributed by atoms with Gasteiger partial charge in [0.1, 0.15) is 0 Å². The van der Waals surface area contributed by atoms with Gasteiger partial charge in [-0.3, -0.25) is 4.79 Å². The molecule has 0 N–H and O–H groups in total. The maximum Gasteiger partial charge on any atom is 0.230 e. The van der Waals surface area contributed by atoms with Crippen molar-refractivity contribution < 1.29 is 4.79 Å². The van der Waals surface area contributed by atoms with E-state index in [9.17, 15) is 4.79 Å². The largest absolute Gasteiger partial charge is 0.305 e. The minimum atomic E-state index is 0.190. The highest BCUT2D eigenvalue weighted by Crippen LogP contribution is 2.36. The van der Waals surface area contributed by atoms with Crippen LogP contribution in [0.3, 0.4) is 0 Å². The Morgan fingerprint density at radius 1 is 1.80 bits per heavy atom. The van der Waals surface area contributed by atoms with Gasteiger partial charge in [0.2, 0.25) is 5.91 Å². The Kier molecular flexibility index (Phi) is 1.42. The highest BCUT2D eigenvalue weighted by atomic mass is 35.5. The molecule has 1 atom stereocenters. The number of rotatable bonds is 0. The first-order chi connectivity index (χ1) is 4.77. The molecule has 2 nitrogen and oxygen atoms in total. The molecule has 0 aromatic heterocycles. The topological polar surface area (TPSA) is 20.3 Å². The van der Waals surface area contributed by atoms with Crippen molar-refractivity contribution in [1.82, 2.24) is 4.90 Å². The van der Waals surface area contributed by atoms with Crippen molar-refractivity contribution in [2.24, 2.45) is 0 Å². The zero-order valence-electron chi connectivity index (χ0n) is 5.21. The van der Waals surface area contributed by atoms with Gasteiger partial charge in [0.15, 0.2) is 0 Å². The van der Waals surface area contributed by atoms with Crippen molar-refractivity contribution in [2.45, 2.75) is 11.8 Å². The van der Waals surface area contributed by atoms with Crippen LogP contribution >= 0.6 is 23.4 Å². The SMILES string of the molecule is O=C1C[C@H]2SCC(Cl)=CN12. The third-order valence-corrected chi connectivity index (χ3v) is 3.29. The van der Waals surface area contributed by atoms with Gasteiger partial charge in [-0.25, -0.2) is 0 Å². The average molecular weight is 176 g/mol. The van der Waals surface area contributed by atoms with E-state index in [1.165, 1.54) is 0 Å². The van der Waals surface area contributed by atoms with E-state index in [2.05, 4.69) is 0 Å². The molecule has 0 aliphatic carbocycles. The number of hydrogen-bond donors (Lipinski definition) is 0. The van der Waals surface area contributed by atoms with E-state index < -0.39 is 0 Å². The van der Waals surface area contributed by atoms with E-state index in [1.54, 1.807) is 22.9 Å². The van der Waals surface area contributed by atoms with Crippen LogP contribution in [0.25, 0.3) is 0 Å². The van der Waals surface area contributed by atoms with Crippen LogP contribution in [0.15, 0.2) is 11.2 Å². The summed E-state index contributed by atoms with van der Waals surface area (Å²) in [6.45, 7) is 0. The van der Waals surface area contributed by atoms with Gasteiger partial charge in [0.05, 0.1) is 11.8 Å². The van der Waals surface area contributed by atoms with Crippen LogP contribution in [-0.2, 0) is 4.79 Å². The molecule has 2 aliphatic rings. The standard InChI is InChI=1S/C6H6ClNOS/c7-4-2-8-5(9)1-6(8)10-3-4/h2,6H,1,3H2/t6-/m1/s1. The molecule has 0 aromatic rings. The monoisotopic (exact) mass is 175 g/mol. The minimum absolute atomic E-state index is 0.190. The number of halogens is 1. The highest BCUT2D eigenvalue weighted by molar-refractivity contribution is 8.00. The molecule has 0 saturated carbocycles. The van der Waals surface area contributed by atoms with Crippen molar-refractivity contribution in [3.05, 3.63) is 11.2 Å². The summed E-state index contributed by atoms with van der Waals surface area (Å²) in [7, 11) is 0. The molecule has 0 radical (unpaired) electrons. The second-order valence-electron chi connectivity index (χ2n) is 2.35. The highest BCUT2D eigenvalue weighted by Gasteiger charge is 2.37. The summed E-state index contributed by atoms with van der Waals surface area (Å²) in [5.41, 5.74) is 0. The molecule has 10 heavy (non-hydrogen) atoms. The van der Waals surface area contributed by atoms with Crippen LogP contribution in [0.4, 0.5) is 0 Å². The minimum Gasteiger partial charge on any atom is -0.305 e. The zero-order valence-corrected chi connectivity index (χ0v) is 6.78. The molecule has 0 spiro atoms. The molecule has 1 saturated heterocycles. The first-order valence-corrected chi connectivity index (χ1v) is 4.49. The number of nitrogens with zero attached hydrogens (tertiary/aromatic N) is 1. The second kappa shape index (κ2) is 2.17. The van der Waals surface area contributed by atoms with Gasteiger partial charge in [-0.15, -0.1) is 11.8 Å². The number of hydrogen-bond acceptors (Lipinski definition) is 2. The Morgan fingerprint density at radius 2 is 2.60 bits per heavy atom. The predicted molar refractivity (Wildman–Crippen MR) is 41.6 cm³/mol. The number of fused-ring (bicyclic) bond motifs is 1. The molecule has 2 rings (SSSR count). The van der Waals surface area contributed by atoms with Crippen LogP contribution in [0.5, 0.6) is 0 Å². The van der Waals surface area contributed by atoms with Gasteiger partial charge in [-0.1, -0.05) is 11.6 Å². The molecular formula is C6H6ClNOS. The third kappa shape index (κ3) is 0.847. The lowest BCUT2D eigenvalue weighted by Crippen LogP contribution is -2.48. The first-order valence-electron chi connectivity index (χ1n) is 3.06. The summed E-state index contributed by atoms with van der Waals surface area (Å²) in [6, 6.07) is 0. The van der Waals surface area contributed by atoms with Crippen LogP contribution in [0.1, 0.15) is 6.42 Å². The maximum atomic E-state index is 10.8. The summed E-state index contributed by atoms with van der Waals surface area (Å²) < 4.78 is 0. The normalized spacial score (nSPS) is 30.9.